The highest BCUT2D eigenvalue weighted by Gasteiger charge is 2.44. The maximum absolute atomic E-state index is 12.9. The zero-order valence-corrected chi connectivity index (χ0v) is 15.8. The van der Waals surface area contributed by atoms with Crippen LogP contribution in [0.2, 0.25) is 0 Å². The van der Waals surface area contributed by atoms with Crippen molar-refractivity contribution in [1.29, 1.82) is 0 Å². The van der Waals surface area contributed by atoms with E-state index >= 15 is 0 Å². The van der Waals surface area contributed by atoms with Crippen molar-refractivity contribution < 1.29 is 22.7 Å². The Morgan fingerprint density at radius 1 is 1.15 bits per heavy atom. The third-order valence-corrected chi connectivity index (χ3v) is 6.25. The largest absolute Gasteiger partial charge is 0.495 e. The summed E-state index contributed by atoms with van der Waals surface area (Å²) in [6.45, 7) is 1.83. The van der Waals surface area contributed by atoms with Crippen LogP contribution >= 0.6 is 0 Å². The molecule has 7 nitrogen and oxygen atoms in total. The lowest BCUT2D eigenvalue weighted by Gasteiger charge is -2.24. The van der Waals surface area contributed by atoms with Gasteiger partial charge in [0.15, 0.2) is 0 Å². The average Bonchev–Trinajstić information content (AvgIpc) is 3.05. The molecular weight excluding hydrogens is 368 g/mol. The van der Waals surface area contributed by atoms with Crippen LogP contribution in [0.3, 0.4) is 0 Å². The van der Waals surface area contributed by atoms with E-state index in [1.807, 2.05) is 6.92 Å². The van der Waals surface area contributed by atoms with Crippen molar-refractivity contribution in [3.63, 3.8) is 0 Å². The molecular formula is C19H20N2O5S. The summed E-state index contributed by atoms with van der Waals surface area (Å²) in [6.07, 6.45) is 0.125. The molecule has 2 amide bonds. The van der Waals surface area contributed by atoms with Gasteiger partial charge in [-0.15, -0.1) is 0 Å². The number of hydrogen-bond acceptors (Lipinski definition) is 5. The van der Waals surface area contributed by atoms with Crippen molar-refractivity contribution in [3.05, 3.63) is 54.1 Å². The SMILES string of the molecule is COc1ccccc1NC(=O)[C@@H]1CCC(=O)N1S(=O)(=O)c1ccc(C)cc1. The minimum absolute atomic E-state index is 0.00486. The number of aryl methyl sites for hydroxylation is 1. The molecule has 0 aromatic heterocycles. The van der Waals surface area contributed by atoms with Gasteiger partial charge >= 0.3 is 0 Å². The zero-order chi connectivity index (χ0) is 19.6. The molecule has 27 heavy (non-hydrogen) atoms. The molecule has 1 fully saturated rings. The van der Waals surface area contributed by atoms with E-state index in [1.54, 1.807) is 36.4 Å². The average molecular weight is 388 g/mol. The number of carbonyl (C=O) groups is 2. The van der Waals surface area contributed by atoms with Crippen molar-refractivity contribution in [2.24, 2.45) is 0 Å². The number of amides is 2. The highest BCUT2D eigenvalue weighted by Crippen LogP contribution is 2.30. The van der Waals surface area contributed by atoms with Crippen LogP contribution < -0.4 is 10.1 Å². The number of anilines is 1. The molecule has 1 saturated heterocycles. The van der Waals surface area contributed by atoms with E-state index in [2.05, 4.69) is 5.32 Å². The highest BCUT2D eigenvalue weighted by molar-refractivity contribution is 7.89. The van der Waals surface area contributed by atoms with Gasteiger partial charge in [0.2, 0.25) is 11.8 Å². The van der Waals surface area contributed by atoms with E-state index in [0.717, 1.165) is 5.56 Å². The molecule has 1 aliphatic heterocycles. The number of nitrogens with one attached hydrogen (secondary N) is 1. The Bertz CT molecular complexity index is 970. The standard InChI is InChI=1S/C19H20N2O5S/c1-13-7-9-14(10-8-13)27(24,25)21-16(11-12-18(21)22)19(23)20-15-5-3-4-6-17(15)26-2/h3-10,16H,11-12H2,1-2H3,(H,20,23)/t16-/m0/s1. The maximum atomic E-state index is 12.9. The summed E-state index contributed by atoms with van der Waals surface area (Å²) in [5.41, 5.74) is 1.31. The van der Waals surface area contributed by atoms with Crippen LogP contribution in [0, 0.1) is 6.92 Å². The normalized spacial score (nSPS) is 17.0. The molecule has 1 N–H and O–H groups in total. The van der Waals surface area contributed by atoms with Crippen LogP contribution in [0.5, 0.6) is 5.75 Å². The first-order chi connectivity index (χ1) is 12.8. The Hall–Kier alpha value is -2.87. The molecule has 0 unspecified atom stereocenters. The molecule has 142 valence electrons. The van der Waals surface area contributed by atoms with Crippen molar-refractivity contribution in [2.75, 3.05) is 12.4 Å². The summed E-state index contributed by atoms with van der Waals surface area (Å²) in [5.74, 6) is -0.708. The molecule has 2 aromatic rings. The first-order valence-corrected chi connectivity index (χ1v) is 9.86. The van der Waals surface area contributed by atoms with Gasteiger partial charge in [-0.2, -0.15) is 0 Å². The number of rotatable bonds is 5. The summed E-state index contributed by atoms with van der Waals surface area (Å²) >= 11 is 0. The topological polar surface area (TPSA) is 92.8 Å². The molecule has 0 spiro atoms. The van der Waals surface area contributed by atoms with Gasteiger partial charge in [0.25, 0.3) is 10.0 Å². The van der Waals surface area contributed by atoms with Crippen LogP contribution in [-0.4, -0.2) is 37.7 Å². The van der Waals surface area contributed by atoms with Crippen LogP contribution in [0.1, 0.15) is 18.4 Å². The minimum atomic E-state index is -4.12. The summed E-state index contributed by atoms with van der Waals surface area (Å²) in [6, 6.07) is 11.9. The van der Waals surface area contributed by atoms with Gasteiger partial charge < -0.3 is 10.1 Å². The van der Waals surface area contributed by atoms with Crippen LogP contribution in [-0.2, 0) is 19.6 Å². The lowest BCUT2D eigenvalue weighted by atomic mass is 10.2. The Kier molecular flexibility index (Phi) is 5.18. The highest BCUT2D eigenvalue weighted by atomic mass is 32.2. The number of benzene rings is 2. The molecule has 2 aromatic carbocycles. The fraction of sp³-hybridized carbons (Fsp3) is 0.263. The molecule has 0 bridgehead atoms. The molecule has 8 heteroatoms. The summed E-state index contributed by atoms with van der Waals surface area (Å²) in [5, 5.41) is 2.66. The van der Waals surface area contributed by atoms with Crippen LogP contribution in [0.4, 0.5) is 5.69 Å². The second kappa shape index (κ2) is 7.40. The first kappa shape index (κ1) is 18.9. The predicted octanol–water partition coefficient (Wildman–Crippen LogP) is 2.32. The Balaban J connectivity index is 1.89. The van der Waals surface area contributed by atoms with Crippen molar-refractivity contribution in [2.45, 2.75) is 30.7 Å². The maximum Gasteiger partial charge on any atom is 0.267 e. The number of sulfonamides is 1. The second-order valence-electron chi connectivity index (χ2n) is 6.25. The lowest BCUT2D eigenvalue weighted by Crippen LogP contribution is -2.45. The number of methoxy groups -OCH3 is 1. The summed E-state index contributed by atoms with van der Waals surface area (Å²) in [4.78, 5) is 25.0. The Morgan fingerprint density at radius 2 is 1.81 bits per heavy atom. The molecule has 1 aliphatic rings. The lowest BCUT2D eigenvalue weighted by molar-refractivity contribution is -0.128. The van der Waals surface area contributed by atoms with E-state index in [4.69, 9.17) is 4.74 Å². The second-order valence-corrected chi connectivity index (χ2v) is 8.07. The third kappa shape index (κ3) is 3.66. The van der Waals surface area contributed by atoms with Gasteiger partial charge in [0.05, 0.1) is 17.7 Å². The molecule has 0 saturated carbocycles. The van der Waals surface area contributed by atoms with E-state index in [-0.39, 0.29) is 17.7 Å². The number of ether oxygens (including phenoxy) is 1. The van der Waals surface area contributed by atoms with Gasteiger partial charge in [-0.3, -0.25) is 9.59 Å². The van der Waals surface area contributed by atoms with Crippen molar-refractivity contribution >= 4 is 27.5 Å². The van der Waals surface area contributed by atoms with Crippen molar-refractivity contribution in [3.8, 4) is 5.75 Å². The first-order valence-electron chi connectivity index (χ1n) is 8.42. The monoisotopic (exact) mass is 388 g/mol. The van der Waals surface area contributed by atoms with E-state index in [9.17, 15) is 18.0 Å². The summed E-state index contributed by atoms with van der Waals surface area (Å²) in [7, 11) is -2.64. The van der Waals surface area contributed by atoms with Gasteiger partial charge in [-0.1, -0.05) is 29.8 Å². The third-order valence-electron chi connectivity index (χ3n) is 4.41. The Morgan fingerprint density at radius 3 is 2.48 bits per heavy atom. The number of hydrogen-bond donors (Lipinski definition) is 1. The zero-order valence-electron chi connectivity index (χ0n) is 15.0. The van der Waals surface area contributed by atoms with E-state index in [1.165, 1.54) is 19.2 Å². The number of para-hydroxylation sites is 2. The molecule has 3 rings (SSSR count). The summed E-state index contributed by atoms with van der Waals surface area (Å²) < 4.78 is 31.8. The quantitative estimate of drug-likeness (QED) is 0.849. The molecule has 0 radical (unpaired) electrons. The minimum Gasteiger partial charge on any atom is -0.495 e. The van der Waals surface area contributed by atoms with E-state index < -0.39 is 27.9 Å². The van der Waals surface area contributed by atoms with Crippen LogP contribution in [0.25, 0.3) is 0 Å². The van der Waals surface area contributed by atoms with E-state index in [0.29, 0.717) is 15.7 Å². The van der Waals surface area contributed by atoms with Gasteiger partial charge in [-0.25, -0.2) is 12.7 Å². The Labute approximate surface area is 158 Å². The number of carbonyl (C=O) groups excluding carboxylic acids is 2. The predicted molar refractivity (Wildman–Crippen MR) is 99.9 cm³/mol. The van der Waals surface area contributed by atoms with Crippen LogP contribution in [0.15, 0.2) is 53.4 Å². The smallest absolute Gasteiger partial charge is 0.267 e. The van der Waals surface area contributed by atoms with Crippen molar-refractivity contribution in [1.82, 2.24) is 4.31 Å². The molecule has 0 aliphatic carbocycles. The van der Waals surface area contributed by atoms with Gasteiger partial charge in [0, 0.05) is 6.42 Å². The number of nitrogens with zero attached hydrogens (tertiary/aromatic N) is 1. The van der Waals surface area contributed by atoms with Gasteiger partial charge in [0.1, 0.15) is 11.8 Å². The molecule has 1 heterocycles. The van der Waals surface area contributed by atoms with Gasteiger partial charge in [-0.05, 0) is 37.6 Å². The molecule has 1 atom stereocenters. The fourth-order valence-electron chi connectivity index (χ4n) is 2.99. The fourth-order valence-corrected chi connectivity index (χ4v) is 4.59.